The minimum atomic E-state index is -4.51. The molecule has 0 fully saturated rings. The van der Waals surface area contributed by atoms with Gasteiger partial charge >= 0.3 is 6.18 Å². The van der Waals surface area contributed by atoms with Gasteiger partial charge in [0.2, 0.25) is 0 Å². The molecule has 0 aliphatic heterocycles. The second kappa shape index (κ2) is 5.81. The number of phenols is 1. The molecular weight excluding hydrogens is 263 g/mol. The van der Waals surface area contributed by atoms with Gasteiger partial charge in [-0.25, -0.2) is 0 Å². The number of carbonyl (C=O) groups excluding carboxylic acids is 1. The summed E-state index contributed by atoms with van der Waals surface area (Å²) in [5, 5.41) is 12.0. The number of alkyl halides is 3. The molecule has 0 aromatic heterocycles. The maximum Gasteiger partial charge on any atom is 0.422 e. The lowest BCUT2D eigenvalue weighted by Crippen LogP contribution is -2.30. The molecule has 0 aliphatic carbocycles. The number of hydrogen-bond acceptors (Lipinski definition) is 3. The molecule has 0 bridgehead atoms. The van der Waals surface area contributed by atoms with Gasteiger partial charge in [0.05, 0.1) is 0 Å². The fourth-order valence-electron chi connectivity index (χ4n) is 1.28. The zero-order valence-corrected chi connectivity index (χ0v) is 10.4. The number of rotatable bonds is 4. The van der Waals surface area contributed by atoms with E-state index < -0.39 is 24.4 Å². The molecule has 7 heteroatoms. The Balaban J connectivity index is 2.85. The predicted octanol–water partition coefficient (Wildman–Crippen LogP) is 2.47. The van der Waals surface area contributed by atoms with Crippen molar-refractivity contribution in [3.05, 3.63) is 23.8 Å². The monoisotopic (exact) mass is 277 g/mol. The number of aromatic hydroxyl groups is 1. The second-order valence-electron chi connectivity index (χ2n) is 4.21. The van der Waals surface area contributed by atoms with Gasteiger partial charge in [-0.1, -0.05) is 0 Å². The molecule has 2 N–H and O–H groups in total. The molecule has 1 rings (SSSR count). The number of amides is 1. The van der Waals surface area contributed by atoms with E-state index in [4.69, 9.17) is 0 Å². The van der Waals surface area contributed by atoms with Crippen LogP contribution in [0.5, 0.6) is 11.5 Å². The molecule has 0 aliphatic rings. The Hall–Kier alpha value is -1.92. The van der Waals surface area contributed by atoms with Crippen LogP contribution in [0.15, 0.2) is 18.2 Å². The molecule has 0 radical (unpaired) electrons. The first-order valence-electron chi connectivity index (χ1n) is 5.52. The lowest BCUT2D eigenvalue weighted by Gasteiger charge is -2.12. The van der Waals surface area contributed by atoms with E-state index in [1.165, 1.54) is 6.07 Å². The first-order chi connectivity index (χ1) is 8.69. The fourth-order valence-corrected chi connectivity index (χ4v) is 1.28. The summed E-state index contributed by atoms with van der Waals surface area (Å²) >= 11 is 0. The zero-order chi connectivity index (χ0) is 14.6. The summed E-state index contributed by atoms with van der Waals surface area (Å²) in [7, 11) is 0. The minimum absolute atomic E-state index is 0.110. The van der Waals surface area contributed by atoms with Crippen molar-refractivity contribution in [1.82, 2.24) is 5.32 Å². The quantitative estimate of drug-likeness (QED) is 0.888. The average molecular weight is 277 g/mol. The third kappa shape index (κ3) is 5.07. The van der Waals surface area contributed by atoms with Crippen molar-refractivity contribution in [3.8, 4) is 11.5 Å². The molecular formula is C12H14F3NO3. The van der Waals surface area contributed by atoms with Crippen LogP contribution >= 0.6 is 0 Å². The second-order valence-corrected chi connectivity index (χ2v) is 4.21. The Labute approximate surface area is 108 Å². The highest BCUT2D eigenvalue weighted by Crippen LogP contribution is 2.28. The summed E-state index contributed by atoms with van der Waals surface area (Å²) in [6.45, 7) is 1.97. The molecule has 19 heavy (non-hydrogen) atoms. The van der Waals surface area contributed by atoms with Gasteiger partial charge in [-0.15, -0.1) is 0 Å². The van der Waals surface area contributed by atoms with Crippen LogP contribution in [0.3, 0.4) is 0 Å². The van der Waals surface area contributed by atoms with Gasteiger partial charge in [-0.3, -0.25) is 4.79 Å². The van der Waals surface area contributed by atoms with E-state index in [0.29, 0.717) is 0 Å². The van der Waals surface area contributed by atoms with Crippen LogP contribution in [-0.4, -0.2) is 29.8 Å². The summed E-state index contributed by atoms with van der Waals surface area (Å²) in [4.78, 5) is 11.6. The number of hydrogen-bond donors (Lipinski definition) is 2. The Morgan fingerprint density at radius 1 is 1.42 bits per heavy atom. The topological polar surface area (TPSA) is 58.6 Å². The summed E-state index contributed by atoms with van der Waals surface area (Å²) < 4.78 is 40.5. The maximum absolute atomic E-state index is 12.0. The number of halogens is 3. The van der Waals surface area contributed by atoms with Gasteiger partial charge in [0.1, 0.15) is 0 Å². The molecule has 4 nitrogen and oxygen atoms in total. The highest BCUT2D eigenvalue weighted by Gasteiger charge is 2.29. The molecule has 0 heterocycles. The van der Waals surface area contributed by atoms with Crippen LogP contribution < -0.4 is 10.1 Å². The molecule has 1 amide bonds. The van der Waals surface area contributed by atoms with Crippen LogP contribution in [-0.2, 0) is 0 Å². The van der Waals surface area contributed by atoms with E-state index in [9.17, 15) is 23.1 Å². The number of benzene rings is 1. The fraction of sp³-hybridized carbons (Fsp3) is 0.417. The Morgan fingerprint density at radius 2 is 2.05 bits per heavy atom. The standard InChI is InChI=1S/C12H14F3NO3/c1-7(2)16-11(18)8-3-4-9(17)10(5-8)19-6-12(13,14)15/h3-5,7,17H,6H2,1-2H3,(H,16,18). The van der Waals surface area contributed by atoms with Crippen LogP contribution in [0.1, 0.15) is 24.2 Å². The van der Waals surface area contributed by atoms with Crippen molar-refractivity contribution < 1.29 is 27.8 Å². The Bertz CT molecular complexity index is 458. The van der Waals surface area contributed by atoms with Crippen LogP contribution in [0.25, 0.3) is 0 Å². The van der Waals surface area contributed by atoms with Crippen molar-refractivity contribution in [2.45, 2.75) is 26.1 Å². The van der Waals surface area contributed by atoms with Crippen LogP contribution in [0.2, 0.25) is 0 Å². The molecule has 0 atom stereocenters. The molecule has 106 valence electrons. The number of ether oxygens (including phenoxy) is 1. The van der Waals surface area contributed by atoms with E-state index in [1.807, 2.05) is 0 Å². The predicted molar refractivity (Wildman–Crippen MR) is 62.3 cm³/mol. The zero-order valence-electron chi connectivity index (χ0n) is 10.4. The first kappa shape index (κ1) is 15.1. The van der Waals surface area contributed by atoms with Gasteiger partial charge in [0.25, 0.3) is 5.91 Å². The van der Waals surface area contributed by atoms with Crippen LogP contribution in [0, 0.1) is 0 Å². The SMILES string of the molecule is CC(C)NC(=O)c1ccc(O)c(OCC(F)(F)F)c1. The normalized spacial score (nSPS) is 11.5. The van der Waals surface area contributed by atoms with Crippen molar-refractivity contribution in [1.29, 1.82) is 0 Å². The largest absolute Gasteiger partial charge is 0.504 e. The molecule has 1 aromatic carbocycles. The smallest absolute Gasteiger partial charge is 0.422 e. The van der Waals surface area contributed by atoms with Crippen molar-refractivity contribution >= 4 is 5.91 Å². The van der Waals surface area contributed by atoms with Gasteiger partial charge in [-0.2, -0.15) is 13.2 Å². The van der Waals surface area contributed by atoms with Gasteiger partial charge < -0.3 is 15.2 Å². The molecule has 0 saturated carbocycles. The summed E-state index contributed by atoms with van der Waals surface area (Å²) in [5.74, 6) is -1.29. The van der Waals surface area contributed by atoms with Gasteiger partial charge in [0, 0.05) is 11.6 Å². The highest BCUT2D eigenvalue weighted by atomic mass is 19.4. The van der Waals surface area contributed by atoms with E-state index in [-0.39, 0.29) is 17.4 Å². The summed E-state index contributed by atoms with van der Waals surface area (Å²) in [5.41, 5.74) is 0.115. The summed E-state index contributed by atoms with van der Waals surface area (Å²) in [6.07, 6.45) is -4.51. The number of phenolic OH excluding ortho intramolecular Hbond substituents is 1. The summed E-state index contributed by atoms with van der Waals surface area (Å²) in [6, 6.07) is 3.37. The maximum atomic E-state index is 12.0. The first-order valence-corrected chi connectivity index (χ1v) is 5.52. The van der Waals surface area contributed by atoms with E-state index in [1.54, 1.807) is 13.8 Å². The van der Waals surface area contributed by atoms with Crippen LogP contribution in [0.4, 0.5) is 13.2 Å². The van der Waals surface area contributed by atoms with E-state index in [0.717, 1.165) is 12.1 Å². The van der Waals surface area contributed by atoms with E-state index >= 15 is 0 Å². The van der Waals surface area contributed by atoms with Crippen molar-refractivity contribution in [2.75, 3.05) is 6.61 Å². The molecule has 0 unspecified atom stereocenters. The third-order valence-electron chi connectivity index (χ3n) is 2.03. The van der Waals surface area contributed by atoms with E-state index in [2.05, 4.69) is 10.1 Å². The highest BCUT2D eigenvalue weighted by molar-refractivity contribution is 5.95. The lowest BCUT2D eigenvalue weighted by atomic mass is 10.2. The minimum Gasteiger partial charge on any atom is -0.504 e. The van der Waals surface area contributed by atoms with Gasteiger partial charge in [-0.05, 0) is 32.0 Å². The average Bonchev–Trinajstić information content (AvgIpc) is 2.25. The van der Waals surface area contributed by atoms with Crippen molar-refractivity contribution in [2.24, 2.45) is 0 Å². The molecule has 1 aromatic rings. The molecule has 0 spiro atoms. The Morgan fingerprint density at radius 3 is 2.58 bits per heavy atom. The molecule has 0 saturated heterocycles. The number of carbonyl (C=O) groups is 1. The Kier molecular flexibility index (Phi) is 4.63. The van der Waals surface area contributed by atoms with Crippen molar-refractivity contribution in [3.63, 3.8) is 0 Å². The lowest BCUT2D eigenvalue weighted by molar-refractivity contribution is -0.153. The number of nitrogens with one attached hydrogen (secondary N) is 1. The van der Waals surface area contributed by atoms with Gasteiger partial charge in [0.15, 0.2) is 18.1 Å². The third-order valence-corrected chi connectivity index (χ3v) is 2.03.